The molecule has 0 atom stereocenters. The van der Waals surface area contributed by atoms with Crippen LogP contribution in [0.3, 0.4) is 0 Å². The van der Waals surface area contributed by atoms with Crippen molar-refractivity contribution in [3.05, 3.63) is 83.2 Å². The van der Waals surface area contributed by atoms with E-state index in [1.807, 2.05) is 74.5 Å². The van der Waals surface area contributed by atoms with Gasteiger partial charge in [-0.05, 0) is 56.0 Å². The Bertz CT molecular complexity index is 1280. The van der Waals surface area contributed by atoms with Gasteiger partial charge >= 0.3 is 0 Å². The second-order valence-corrected chi connectivity index (χ2v) is 8.25. The number of amides is 2. The van der Waals surface area contributed by atoms with Crippen molar-refractivity contribution < 1.29 is 14.3 Å². The van der Waals surface area contributed by atoms with Crippen molar-refractivity contribution in [1.29, 1.82) is 5.26 Å². The highest BCUT2D eigenvalue weighted by atomic mass is 16.5. The number of nitrogens with zero attached hydrogens (tertiary/aromatic N) is 2. The van der Waals surface area contributed by atoms with Crippen LogP contribution < -0.4 is 15.6 Å². The maximum Gasteiger partial charge on any atom is 0.280 e. The summed E-state index contributed by atoms with van der Waals surface area (Å²) in [7, 11) is 0. The first-order chi connectivity index (χ1) is 16.5. The van der Waals surface area contributed by atoms with Crippen LogP contribution in [-0.4, -0.2) is 23.0 Å². The first kappa shape index (κ1) is 22.9. The highest BCUT2D eigenvalue weighted by Gasteiger charge is 2.27. The smallest absolute Gasteiger partial charge is 0.280 e. The van der Waals surface area contributed by atoms with Gasteiger partial charge in [0.15, 0.2) is 6.61 Å². The van der Waals surface area contributed by atoms with Crippen LogP contribution in [0, 0.1) is 25.2 Å². The molecule has 0 spiro atoms. The van der Waals surface area contributed by atoms with Crippen molar-refractivity contribution >= 4 is 17.9 Å². The van der Waals surface area contributed by atoms with Crippen molar-refractivity contribution in [3.8, 4) is 22.9 Å². The van der Waals surface area contributed by atoms with Gasteiger partial charge in [-0.2, -0.15) is 5.26 Å². The van der Waals surface area contributed by atoms with Crippen LogP contribution in [0.15, 0.2) is 66.2 Å². The normalized spacial score (nSPS) is 13.1. The Labute approximate surface area is 198 Å². The summed E-state index contributed by atoms with van der Waals surface area (Å²) in [6.07, 6.45) is 3.85. The summed E-state index contributed by atoms with van der Waals surface area (Å²) < 4.78 is 7.92. The number of carbonyl (C=O) groups excluding carboxylic acids is 2. The second kappa shape index (κ2) is 10.1. The lowest BCUT2D eigenvalue weighted by Gasteiger charge is -2.12. The zero-order valence-corrected chi connectivity index (χ0v) is 19.2. The second-order valence-electron chi connectivity index (χ2n) is 8.25. The minimum absolute atomic E-state index is 0.0910. The molecule has 2 N–H and O–H groups in total. The molecule has 34 heavy (non-hydrogen) atoms. The van der Waals surface area contributed by atoms with Gasteiger partial charge in [-0.25, -0.2) is 0 Å². The molecule has 1 aliphatic carbocycles. The quantitative estimate of drug-likeness (QED) is 0.317. The number of ether oxygens (including phenoxy) is 1. The van der Waals surface area contributed by atoms with Crippen molar-refractivity contribution in [1.82, 2.24) is 15.4 Å². The number of hydrazine groups is 1. The lowest BCUT2D eigenvalue weighted by atomic mass is 10.1. The summed E-state index contributed by atoms with van der Waals surface area (Å²) in [6.45, 7) is 3.71. The maximum atomic E-state index is 12.5. The molecular weight excluding hydrogens is 428 g/mol. The average Bonchev–Trinajstić information content (AvgIpc) is 3.65. The molecule has 4 rings (SSSR count). The Morgan fingerprint density at radius 2 is 1.79 bits per heavy atom. The molecule has 0 bridgehead atoms. The number of hydrogen-bond donors (Lipinski definition) is 2. The van der Waals surface area contributed by atoms with Crippen LogP contribution >= 0.6 is 0 Å². The van der Waals surface area contributed by atoms with Gasteiger partial charge in [0.2, 0.25) is 0 Å². The molecule has 1 saturated carbocycles. The molecule has 0 saturated heterocycles. The van der Waals surface area contributed by atoms with E-state index < -0.39 is 11.8 Å². The first-order valence-electron chi connectivity index (χ1n) is 11.1. The van der Waals surface area contributed by atoms with E-state index in [4.69, 9.17) is 4.74 Å². The third-order valence-corrected chi connectivity index (χ3v) is 5.75. The van der Waals surface area contributed by atoms with Crippen LogP contribution in [0.5, 0.6) is 5.75 Å². The van der Waals surface area contributed by atoms with Gasteiger partial charge in [0.05, 0.1) is 0 Å². The van der Waals surface area contributed by atoms with Gasteiger partial charge in [0.25, 0.3) is 11.8 Å². The molecular formula is C27H26N4O3. The number of benzene rings is 2. The summed E-state index contributed by atoms with van der Waals surface area (Å²) in [5.41, 5.74) is 9.29. The maximum absolute atomic E-state index is 12.5. The van der Waals surface area contributed by atoms with Gasteiger partial charge in [-0.3, -0.25) is 20.4 Å². The predicted octanol–water partition coefficient (Wildman–Crippen LogP) is 4.24. The van der Waals surface area contributed by atoms with E-state index in [1.54, 1.807) is 12.1 Å². The lowest BCUT2D eigenvalue weighted by molar-refractivity contribution is -0.128. The van der Waals surface area contributed by atoms with Gasteiger partial charge in [-0.15, -0.1) is 0 Å². The number of carbonyl (C=O) groups is 2. The van der Waals surface area contributed by atoms with E-state index in [0.29, 0.717) is 11.8 Å². The molecule has 0 aliphatic heterocycles. The summed E-state index contributed by atoms with van der Waals surface area (Å²) >= 11 is 0. The van der Waals surface area contributed by atoms with Gasteiger partial charge in [0.1, 0.15) is 17.4 Å². The largest absolute Gasteiger partial charge is 0.483 e. The van der Waals surface area contributed by atoms with Crippen molar-refractivity contribution in [2.75, 3.05) is 6.61 Å². The fraction of sp³-hybridized carbons (Fsp3) is 0.222. The molecule has 1 heterocycles. The van der Waals surface area contributed by atoms with Gasteiger partial charge in [0, 0.05) is 23.0 Å². The van der Waals surface area contributed by atoms with Crippen LogP contribution in [-0.2, 0) is 9.59 Å². The van der Waals surface area contributed by atoms with E-state index in [2.05, 4.69) is 15.4 Å². The van der Waals surface area contributed by atoms with Crippen molar-refractivity contribution in [2.24, 2.45) is 0 Å². The zero-order valence-electron chi connectivity index (χ0n) is 19.2. The number of aromatic nitrogens is 1. The third-order valence-electron chi connectivity index (χ3n) is 5.75. The van der Waals surface area contributed by atoms with E-state index in [0.717, 1.165) is 40.9 Å². The van der Waals surface area contributed by atoms with Gasteiger partial charge in [-0.1, -0.05) is 48.5 Å². The Kier molecular flexibility index (Phi) is 6.79. The number of nitriles is 1. The molecule has 3 aromatic rings. The molecule has 7 nitrogen and oxygen atoms in total. The monoisotopic (exact) mass is 454 g/mol. The van der Waals surface area contributed by atoms with Gasteiger partial charge < -0.3 is 9.30 Å². The van der Waals surface area contributed by atoms with Crippen LogP contribution in [0.2, 0.25) is 0 Å². The van der Waals surface area contributed by atoms with E-state index in [1.165, 1.54) is 0 Å². The number of rotatable bonds is 7. The Balaban J connectivity index is 1.35. The van der Waals surface area contributed by atoms with E-state index in [-0.39, 0.29) is 12.2 Å². The van der Waals surface area contributed by atoms with E-state index in [9.17, 15) is 14.9 Å². The minimum Gasteiger partial charge on any atom is -0.483 e. The summed E-state index contributed by atoms with van der Waals surface area (Å²) in [4.78, 5) is 24.7. The molecule has 7 heteroatoms. The summed E-state index contributed by atoms with van der Waals surface area (Å²) in [6, 6.07) is 21.5. The lowest BCUT2D eigenvalue weighted by Crippen LogP contribution is -2.44. The Hall–Kier alpha value is -4.31. The fourth-order valence-electron chi connectivity index (χ4n) is 3.97. The predicted molar refractivity (Wildman–Crippen MR) is 129 cm³/mol. The van der Waals surface area contributed by atoms with E-state index >= 15 is 0 Å². The first-order valence-corrected chi connectivity index (χ1v) is 11.1. The Morgan fingerprint density at radius 1 is 1.09 bits per heavy atom. The fourth-order valence-corrected chi connectivity index (χ4v) is 3.97. The molecule has 1 aromatic heterocycles. The van der Waals surface area contributed by atoms with Crippen molar-refractivity contribution in [3.63, 3.8) is 0 Å². The number of hydrogen-bond acceptors (Lipinski definition) is 4. The average molecular weight is 455 g/mol. The molecule has 172 valence electrons. The molecule has 2 amide bonds. The molecule has 0 radical (unpaired) electrons. The molecule has 1 aliphatic rings. The highest BCUT2D eigenvalue weighted by molar-refractivity contribution is 6.02. The summed E-state index contributed by atoms with van der Waals surface area (Å²) in [5, 5.41) is 9.48. The molecule has 1 fully saturated rings. The number of para-hydroxylation sites is 1. The number of nitrogens with one attached hydrogen (secondary N) is 2. The Morgan fingerprint density at radius 3 is 2.50 bits per heavy atom. The third kappa shape index (κ3) is 5.18. The standard InChI is InChI=1S/C27H26N4O3/c1-18-14-21(19(2)31(18)23-12-13-23)15-22(16-28)27(33)30-29-26(32)17-34-25-11-7-6-10-24(25)20-8-4-3-5-9-20/h3-11,14-15,23H,12-13,17H2,1-2H3,(H,29,32)(H,30,33)/b22-15+. The SMILES string of the molecule is Cc1cc(/C=C(\C#N)C(=O)NNC(=O)COc2ccccc2-c2ccccc2)c(C)n1C1CC1. The highest BCUT2D eigenvalue weighted by Crippen LogP contribution is 2.38. The zero-order chi connectivity index (χ0) is 24.1. The molecule has 0 unspecified atom stereocenters. The molecule has 2 aromatic carbocycles. The minimum atomic E-state index is -0.684. The van der Waals surface area contributed by atoms with Crippen LogP contribution in [0.25, 0.3) is 17.2 Å². The van der Waals surface area contributed by atoms with Crippen molar-refractivity contribution in [2.45, 2.75) is 32.7 Å². The number of aryl methyl sites for hydroxylation is 1. The van der Waals surface area contributed by atoms with Crippen LogP contribution in [0.4, 0.5) is 0 Å². The van der Waals surface area contributed by atoms with Crippen LogP contribution in [0.1, 0.15) is 35.8 Å². The topological polar surface area (TPSA) is 96.2 Å². The summed E-state index contributed by atoms with van der Waals surface area (Å²) in [5.74, 6) is -0.670.